The van der Waals surface area contributed by atoms with Crippen molar-refractivity contribution in [3.63, 3.8) is 0 Å². The summed E-state index contributed by atoms with van der Waals surface area (Å²) >= 11 is 0. The molecule has 0 aliphatic carbocycles. The molecular weight excluding hydrogens is 288 g/mol. The van der Waals surface area contributed by atoms with Gasteiger partial charge in [-0.2, -0.15) is 0 Å². The Morgan fingerprint density at radius 3 is 2.41 bits per heavy atom. The lowest BCUT2D eigenvalue weighted by Crippen LogP contribution is -2.39. The highest BCUT2D eigenvalue weighted by Crippen LogP contribution is 2.23. The van der Waals surface area contributed by atoms with Gasteiger partial charge in [-0.25, -0.2) is 0 Å². The zero-order valence-corrected chi connectivity index (χ0v) is 12.2. The standard InChI is InChI=1S/C15H20N2O5/c1-9(18)16-8-12-15(21)14(20)11(22-12)7-13(19)17-10-5-3-2-4-6-10/h2-6,11-12,14-15,20-21H,7-8H2,1H3,(H,16,18)(H,17,19)/t11-,12-,14-,15+/m0/s1. The van der Waals surface area contributed by atoms with Crippen LogP contribution in [-0.2, 0) is 14.3 Å². The van der Waals surface area contributed by atoms with Crippen molar-refractivity contribution < 1.29 is 24.5 Å². The van der Waals surface area contributed by atoms with E-state index in [9.17, 15) is 19.8 Å². The van der Waals surface area contributed by atoms with Crippen LogP contribution in [0.3, 0.4) is 0 Å². The van der Waals surface area contributed by atoms with Gasteiger partial charge < -0.3 is 25.6 Å². The summed E-state index contributed by atoms with van der Waals surface area (Å²) in [6, 6.07) is 8.92. The Kier molecular flexibility index (Phi) is 5.48. The molecule has 4 N–H and O–H groups in total. The number of anilines is 1. The first-order chi connectivity index (χ1) is 10.5. The summed E-state index contributed by atoms with van der Waals surface area (Å²) in [4.78, 5) is 22.8. The van der Waals surface area contributed by atoms with Crippen molar-refractivity contribution >= 4 is 17.5 Å². The van der Waals surface area contributed by atoms with E-state index >= 15 is 0 Å². The van der Waals surface area contributed by atoms with Gasteiger partial charge >= 0.3 is 0 Å². The topological polar surface area (TPSA) is 108 Å². The predicted octanol–water partition coefficient (Wildman–Crippen LogP) is -0.360. The molecule has 1 saturated heterocycles. The third-order valence-corrected chi connectivity index (χ3v) is 3.46. The van der Waals surface area contributed by atoms with Crippen molar-refractivity contribution in [3.8, 4) is 0 Å². The van der Waals surface area contributed by atoms with Gasteiger partial charge in [0.25, 0.3) is 0 Å². The Bertz CT molecular complexity index is 522. The molecule has 1 aromatic carbocycles. The fourth-order valence-electron chi connectivity index (χ4n) is 2.32. The van der Waals surface area contributed by atoms with E-state index in [1.54, 1.807) is 24.3 Å². The van der Waals surface area contributed by atoms with Crippen molar-refractivity contribution in [1.82, 2.24) is 5.32 Å². The molecule has 120 valence electrons. The number of benzene rings is 1. The summed E-state index contributed by atoms with van der Waals surface area (Å²) in [5.74, 6) is -0.571. The van der Waals surface area contributed by atoms with Gasteiger partial charge in [0.15, 0.2) is 0 Å². The van der Waals surface area contributed by atoms with Crippen LogP contribution in [0.25, 0.3) is 0 Å². The number of aliphatic hydroxyl groups excluding tert-OH is 2. The molecule has 0 radical (unpaired) electrons. The molecule has 1 fully saturated rings. The number of ether oxygens (including phenoxy) is 1. The zero-order valence-electron chi connectivity index (χ0n) is 12.2. The number of aliphatic hydroxyl groups is 2. The maximum absolute atomic E-state index is 11.9. The molecule has 1 aromatic rings. The average Bonchev–Trinajstić information content (AvgIpc) is 2.74. The maximum Gasteiger partial charge on any atom is 0.227 e. The summed E-state index contributed by atoms with van der Waals surface area (Å²) in [5.41, 5.74) is 0.648. The Morgan fingerprint density at radius 1 is 1.14 bits per heavy atom. The molecule has 0 unspecified atom stereocenters. The molecule has 7 nitrogen and oxygen atoms in total. The minimum atomic E-state index is -1.17. The van der Waals surface area contributed by atoms with Crippen molar-refractivity contribution in [2.24, 2.45) is 0 Å². The first kappa shape index (κ1) is 16.4. The lowest BCUT2D eigenvalue weighted by Gasteiger charge is -2.14. The number of carbonyl (C=O) groups excluding carboxylic acids is 2. The predicted molar refractivity (Wildman–Crippen MR) is 79.0 cm³/mol. The third kappa shape index (κ3) is 4.27. The Morgan fingerprint density at radius 2 is 1.77 bits per heavy atom. The molecule has 0 spiro atoms. The molecule has 0 aromatic heterocycles. The number of carbonyl (C=O) groups is 2. The van der Waals surface area contributed by atoms with Crippen LogP contribution in [0.4, 0.5) is 5.69 Å². The van der Waals surface area contributed by atoms with E-state index in [1.807, 2.05) is 6.07 Å². The zero-order chi connectivity index (χ0) is 16.1. The van der Waals surface area contributed by atoms with E-state index in [-0.39, 0.29) is 24.8 Å². The molecule has 1 aliphatic rings. The largest absolute Gasteiger partial charge is 0.388 e. The molecular formula is C15H20N2O5. The SMILES string of the molecule is CC(=O)NC[C@@H]1O[C@@H](CC(=O)Nc2ccccc2)[C@H](O)[C@@H]1O. The Labute approximate surface area is 128 Å². The lowest BCUT2D eigenvalue weighted by atomic mass is 10.1. The van der Waals surface area contributed by atoms with Gasteiger partial charge in [0.1, 0.15) is 18.3 Å². The van der Waals surface area contributed by atoms with Crippen molar-refractivity contribution in [3.05, 3.63) is 30.3 Å². The van der Waals surface area contributed by atoms with Crippen molar-refractivity contribution in [2.75, 3.05) is 11.9 Å². The van der Waals surface area contributed by atoms with Crippen LogP contribution in [0.5, 0.6) is 0 Å². The van der Waals surface area contributed by atoms with Gasteiger partial charge in [-0.15, -0.1) is 0 Å². The number of rotatable bonds is 5. The van der Waals surface area contributed by atoms with Crippen LogP contribution in [0.2, 0.25) is 0 Å². The monoisotopic (exact) mass is 308 g/mol. The normalized spacial score (nSPS) is 27.4. The maximum atomic E-state index is 11.9. The van der Waals surface area contributed by atoms with Crippen LogP contribution in [0, 0.1) is 0 Å². The molecule has 0 saturated carbocycles. The number of para-hydroxylation sites is 1. The second-order valence-electron chi connectivity index (χ2n) is 5.25. The van der Waals surface area contributed by atoms with Crippen LogP contribution in [-0.4, -0.2) is 53.0 Å². The van der Waals surface area contributed by atoms with Gasteiger partial charge in [-0.05, 0) is 12.1 Å². The van der Waals surface area contributed by atoms with Gasteiger partial charge in [0, 0.05) is 19.2 Å². The molecule has 1 aliphatic heterocycles. The van der Waals surface area contributed by atoms with Crippen LogP contribution in [0.15, 0.2) is 30.3 Å². The third-order valence-electron chi connectivity index (χ3n) is 3.46. The van der Waals surface area contributed by atoms with E-state index < -0.39 is 24.4 Å². The minimum absolute atomic E-state index is 0.0797. The number of hydrogen-bond donors (Lipinski definition) is 4. The lowest BCUT2D eigenvalue weighted by molar-refractivity contribution is -0.122. The Hall–Kier alpha value is -1.96. The minimum Gasteiger partial charge on any atom is -0.388 e. The summed E-state index contributed by atoms with van der Waals surface area (Å²) in [6.45, 7) is 1.44. The summed E-state index contributed by atoms with van der Waals surface area (Å²) in [5, 5.41) is 25.0. The van der Waals surface area contributed by atoms with E-state index in [1.165, 1.54) is 6.92 Å². The first-order valence-electron chi connectivity index (χ1n) is 7.08. The summed E-state index contributed by atoms with van der Waals surface area (Å²) < 4.78 is 5.47. The molecule has 0 bridgehead atoms. The van der Waals surface area contributed by atoms with E-state index in [4.69, 9.17) is 4.74 Å². The van der Waals surface area contributed by atoms with E-state index in [0.29, 0.717) is 5.69 Å². The van der Waals surface area contributed by atoms with Gasteiger partial charge in [-0.3, -0.25) is 9.59 Å². The number of nitrogens with one attached hydrogen (secondary N) is 2. The second kappa shape index (κ2) is 7.35. The van der Waals surface area contributed by atoms with Crippen LogP contribution < -0.4 is 10.6 Å². The second-order valence-corrected chi connectivity index (χ2v) is 5.25. The fraction of sp³-hybridized carbons (Fsp3) is 0.467. The molecule has 7 heteroatoms. The van der Waals surface area contributed by atoms with E-state index in [0.717, 1.165) is 0 Å². The molecule has 2 amide bonds. The Balaban J connectivity index is 1.87. The van der Waals surface area contributed by atoms with Gasteiger partial charge in [0.05, 0.1) is 12.5 Å². The highest BCUT2D eigenvalue weighted by atomic mass is 16.5. The highest BCUT2D eigenvalue weighted by Gasteiger charge is 2.43. The van der Waals surface area contributed by atoms with Crippen molar-refractivity contribution in [2.45, 2.75) is 37.8 Å². The average molecular weight is 308 g/mol. The van der Waals surface area contributed by atoms with Crippen LogP contribution >= 0.6 is 0 Å². The fourth-order valence-corrected chi connectivity index (χ4v) is 2.32. The summed E-state index contributed by atoms with van der Waals surface area (Å²) in [6.07, 6.45) is -3.92. The quantitative estimate of drug-likeness (QED) is 0.594. The first-order valence-corrected chi connectivity index (χ1v) is 7.08. The summed E-state index contributed by atoms with van der Waals surface area (Å²) in [7, 11) is 0. The van der Waals surface area contributed by atoms with Crippen molar-refractivity contribution in [1.29, 1.82) is 0 Å². The number of amides is 2. The van der Waals surface area contributed by atoms with Crippen LogP contribution in [0.1, 0.15) is 13.3 Å². The smallest absolute Gasteiger partial charge is 0.227 e. The highest BCUT2D eigenvalue weighted by molar-refractivity contribution is 5.91. The van der Waals surface area contributed by atoms with Gasteiger partial charge in [0.2, 0.25) is 11.8 Å². The molecule has 1 heterocycles. The molecule has 2 rings (SSSR count). The molecule has 4 atom stereocenters. The number of hydrogen-bond acceptors (Lipinski definition) is 5. The van der Waals surface area contributed by atoms with E-state index in [2.05, 4.69) is 10.6 Å². The van der Waals surface area contributed by atoms with Gasteiger partial charge in [-0.1, -0.05) is 18.2 Å². The molecule has 22 heavy (non-hydrogen) atoms.